The molecule has 0 unspecified atom stereocenters. The number of anilines is 1. The van der Waals surface area contributed by atoms with Crippen LogP contribution in [0.1, 0.15) is 6.42 Å². The molecule has 5 heteroatoms. The zero-order valence-corrected chi connectivity index (χ0v) is 14.5. The van der Waals surface area contributed by atoms with Gasteiger partial charge in [-0.25, -0.2) is 14.4 Å². The van der Waals surface area contributed by atoms with Crippen molar-refractivity contribution < 1.29 is 4.39 Å². The van der Waals surface area contributed by atoms with Gasteiger partial charge in [-0.2, -0.15) is 0 Å². The lowest BCUT2D eigenvalue weighted by atomic mass is 10.1. The van der Waals surface area contributed by atoms with Crippen molar-refractivity contribution in [1.82, 2.24) is 15.3 Å². The molecule has 0 spiro atoms. The Kier molecular flexibility index (Phi) is 4.88. The molecule has 0 saturated carbocycles. The van der Waals surface area contributed by atoms with Crippen LogP contribution < -0.4 is 10.2 Å². The fourth-order valence-corrected chi connectivity index (χ4v) is 3.18. The van der Waals surface area contributed by atoms with Crippen molar-refractivity contribution in [3.8, 4) is 22.6 Å². The zero-order valence-electron chi connectivity index (χ0n) is 14.5. The van der Waals surface area contributed by atoms with Crippen LogP contribution in [0.4, 0.5) is 10.2 Å². The van der Waals surface area contributed by atoms with Gasteiger partial charge in [0, 0.05) is 36.8 Å². The largest absolute Gasteiger partial charge is 0.355 e. The van der Waals surface area contributed by atoms with Gasteiger partial charge >= 0.3 is 0 Å². The normalized spacial score (nSPS) is 14.9. The van der Waals surface area contributed by atoms with Crippen LogP contribution in [0.2, 0.25) is 0 Å². The van der Waals surface area contributed by atoms with E-state index in [2.05, 4.69) is 10.2 Å². The highest BCUT2D eigenvalue weighted by atomic mass is 19.1. The maximum absolute atomic E-state index is 13.7. The molecule has 0 radical (unpaired) electrons. The number of hydrogen-bond acceptors (Lipinski definition) is 4. The van der Waals surface area contributed by atoms with Gasteiger partial charge in [-0.3, -0.25) is 0 Å². The summed E-state index contributed by atoms with van der Waals surface area (Å²) in [7, 11) is 0. The van der Waals surface area contributed by atoms with E-state index in [9.17, 15) is 4.39 Å². The molecule has 1 aliphatic rings. The lowest BCUT2D eigenvalue weighted by Crippen LogP contribution is -2.28. The maximum atomic E-state index is 13.7. The van der Waals surface area contributed by atoms with E-state index in [0.717, 1.165) is 49.7 Å². The van der Waals surface area contributed by atoms with E-state index in [0.29, 0.717) is 11.4 Å². The molecule has 2 aromatic carbocycles. The monoisotopic (exact) mass is 348 g/mol. The van der Waals surface area contributed by atoms with Gasteiger partial charge in [0.25, 0.3) is 0 Å². The number of aromatic nitrogens is 2. The lowest BCUT2D eigenvalue weighted by molar-refractivity contribution is 0.628. The van der Waals surface area contributed by atoms with Crippen molar-refractivity contribution in [1.29, 1.82) is 0 Å². The molecule has 3 aromatic rings. The van der Waals surface area contributed by atoms with Crippen LogP contribution in [-0.2, 0) is 0 Å². The van der Waals surface area contributed by atoms with Gasteiger partial charge in [0.2, 0.25) is 0 Å². The number of nitrogens with one attached hydrogen (secondary N) is 1. The minimum Gasteiger partial charge on any atom is -0.355 e. The minimum absolute atomic E-state index is 0.281. The summed E-state index contributed by atoms with van der Waals surface area (Å²) in [5.41, 5.74) is 2.57. The summed E-state index contributed by atoms with van der Waals surface area (Å²) in [5, 5.41) is 3.41. The van der Waals surface area contributed by atoms with Crippen LogP contribution in [0, 0.1) is 5.82 Å². The van der Waals surface area contributed by atoms with Crippen LogP contribution in [0.15, 0.2) is 60.7 Å². The van der Waals surface area contributed by atoms with E-state index < -0.39 is 0 Å². The van der Waals surface area contributed by atoms with Gasteiger partial charge in [-0.15, -0.1) is 0 Å². The second-order valence-electron chi connectivity index (χ2n) is 6.40. The molecule has 1 N–H and O–H groups in total. The van der Waals surface area contributed by atoms with Crippen molar-refractivity contribution >= 4 is 5.82 Å². The Balaban J connectivity index is 1.81. The standard InChI is InChI=1S/C21H21FN4/c22-18-9-4-8-17(14-18)21-24-19(16-6-2-1-3-7-16)15-20(25-21)26-12-5-10-23-11-13-26/h1-4,6-9,14-15,23H,5,10-13H2. The summed E-state index contributed by atoms with van der Waals surface area (Å²) in [6, 6.07) is 18.5. The summed E-state index contributed by atoms with van der Waals surface area (Å²) >= 11 is 0. The maximum Gasteiger partial charge on any atom is 0.162 e. The Morgan fingerprint density at radius 2 is 1.69 bits per heavy atom. The second-order valence-corrected chi connectivity index (χ2v) is 6.40. The summed E-state index contributed by atoms with van der Waals surface area (Å²) in [6.07, 6.45) is 1.07. The highest BCUT2D eigenvalue weighted by molar-refractivity contribution is 5.68. The molecule has 4 rings (SSSR count). The first-order chi connectivity index (χ1) is 12.8. The van der Waals surface area contributed by atoms with Crippen LogP contribution in [-0.4, -0.2) is 36.1 Å². The third kappa shape index (κ3) is 3.73. The third-order valence-corrected chi connectivity index (χ3v) is 4.53. The van der Waals surface area contributed by atoms with E-state index in [1.807, 2.05) is 42.5 Å². The predicted octanol–water partition coefficient (Wildman–Crippen LogP) is 3.75. The van der Waals surface area contributed by atoms with Crippen molar-refractivity contribution in [2.24, 2.45) is 0 Å². The number of benzene rings is 2. The van der Waals surface area contributed by atoms with Crippen molar-refractivity contribution in [2.45, 2.75) is 6.42 Å². The number of halogens is 1. The SMILES string of the molecule is Fc1cccc(-c2nc(-c3ccccc3)cc(N3CCCNCC3)n2)c1. The van der Waals surface area contributed by atoms with Gasteiger partial charge in [0.1, 0.15) is 11.6 Å². The van der Waals surface area contributed by atoms with Crippen LogP contribution in [0.3, 0.4) is 0 Å². The first kappa shape index (κ1) is 16.7. The summed E-state index contributed by atoms with van der Waals surface area (Å²) < 4.78 is 13.7. The zero-order chi connectivity index (χ0) is 17.8. The van der Waals surface area contributed by atoms with Crippen LogP contribution >= 0.6 is 0 Å². The van der Waals surface area contributed by atoms with Crippen LogP contribution in [0.5, 0.6) is 0 Å². The van der Waals surface area contributed by atoms with E-state index >= 15 is 0 Å². The molecule has 0 amide bonds. The van der Waals surface area contributed by atoms with Crippen LogP contribution in [0.25, 0.3) is 22.6 Å². The average Bonchev–Trinajstić information content (AvgIpc) is 2.98. The Morgan fingerprint density at radius 3 is 2.54 bits per heavy atom. The Morgan fingerprint density at radius 1 is 0.846 bits per heavy atom. The molecule has 0 atom stereocenters. The molecule has 26 heavy (non-hydrogen) atoms. The molecular weight excluding hydrogens is 327 g/mol. The van der Waals surface area contributed by atoms with Gasteiger partial charge in [0.15, 0.2) is 5.82 Å². The summed E-state index contributed by atoms with van der Waals surface area (Å²) in [6.45, 7) is 3.79. The molecule has 1 saturated heterocycles. The summed E-state index contributed by atoms with van der Waals surface area (Å²) in [5.74, 6) is 1.16. The molecule has 132 valence electrons. The fraction of sp³-hybridized carbons (Fsp3) is 0.238. The minimum atomic E-state index is -0.281. The van der Waals surface area contributed by atoms with Gasteiger partial charge in [-0.05, 0) is 25.1 Å². The quantitative estimate of drug-likeness (QED) is 0.783. The van der Waals surface area contributed by atoms with Gasteiger partial charge < -0.3 is 10.2 Å². The van der Waals surface area contributed by atoms with E-state index in [1.165, 1.54) is 12.1 Å². The molecular formula is C21H21FN4. The van der Waals surface area contributed by atoms with E-state index in [-0.39, 0.29) is 5.82 Å². The highest BCUT2D eigenvalue weighted by Gasteiger charge is 2.15. The molecule has 1 aromatic heterocycles. The fourth-order valence-electron chi connectivity index (χ4n) is 3.18. The Bertz CT molecular complexity index is 874. The molecule has 4 nitrogen and oxygen atoms in total. The molecule has 0 bridgehead atoms. The molecule has 1 fully saturated rings. The van der Waals surface area contributed by atoms with E-state index in [1.54, 1.807) is 6.07 Å². The smallest absolute Gasteiger partial charge is 0.162 e. The number of rotatable bonds is 3. The molecule has 2 heterocycles. The van der Waals surface area contributed by atoms with E-state index in [4.69, 9.17) is 9.97 Å². The number of nitrogens with zero attached hydrogens (tertiary/aromatic N) is 3. The number of hydrogen-bond donors (Lipinski definition) is 1. The molecule has 1 aliphatic heterocycles. The van der Waals surface area contributed by atoms with Gasteiger partial charge in [-0.1, -0.05) is 42.5 Å². The third-order valence-electron chi connectivity index (χ3n) is 4.53. The molecule has 0 aliphatic carbocycles. The Hall–Kier alpha value is -2.79. The van der Waals surface area contributed by atoms with Crippen molar-refractivity contribution in [3.63, 3.8) is 0 Å². The Labute approximate surface area is 152 Å². The van der Waals surface area contributed by atoms with Crippen molar-refractivity contribution in [3.05, 3.63) is 66.5 Å². The first-order valence-electron chi connectivity index (χ1n) is 8.96. The average molecular weight is 348 g/mol. The summed E-state index contributed by atoms with van der Waals surface area (Å²) in [4.78, 5) is 11.7. The lowest BCUT2D eigenvalue weighted by Gasteiger charge is -2.22. The first-order valence-corrected chi connectivity index (χ1v) is 8.96. The highest BCUT2D eigenvalue weighted by Crippen LogP contribution is 2.26. The van der Waals surface area contributed by atoms with Crippen molar-refractivity contribution in [2.75, 3.05) is 31.1 Å². The second kappa shape index (κ2) is 7.62. The topological polar surface area (TPSA) is 41.1 Å². The predicted molar refractivity (Wildman–Crippen MR) is 103 cm³/mol. The van der Waals surface area contributed by atoms with Gasteiger partial charge in [0.05, 0.1) is 5.69 Å².